The third-order valence-electron chi connectivity index (χ3n) is 5.45. The highest BCUT2D eigenvalue weighted by Gasteiger charge is 2.64. The number of alkyl halides is 1. The van der Waals surface area contributed by atoms with Crippen molar-refractivity contribution in [2.45, 2.75) is 63.6 Å². The molecule has 1 aromatic carbocycles. The van der Waals surface area contributed by atoms with E-state index >= 15 is 4.39 Å². The fourth-order valence-corrected chi connectivity index (χ4v) is 5.11. The zero-order chi connectivity index (χ0) is 27.6. The summed E-state index contributed by atoms with van der Waals surface area (Å²) in [6.07, 6.45) is -1.91. The number of carbonyl (C=O) groups excluding carboxylic acids is 2. The number of aliphatic hydroxyl groups is 2. The van der Waals surface area contributed by atoms with Crippen LogP contribution in [0.3, 0.4) is 0 Å². The number of para-hydroxylation sites is 1. The molecule has 1 amide bonds. The van der Waals surface area contributed by atoms with E-state index in [-0.39, 0.29) is 11.6 Å². The minimum Gasteiger partial charge on any atom is -0.462 e. The number of hydrogen-bond donors (Lipinski definition) is 4. The number of ether oxygens (including phenoxy) is 2. The van der Waals surface area contributed by atoms with Gasteiger partial charge in [-0.3, -0.25) is 14.1 Å². The third kappa shape index (κ3) is 6.56. The minimum atomic E-state index is -4.50. The van der Waals surface area contributed by atoms with Crippen molar-refractivity contribution in [2.24, 2.45) is 0 Å². The number of esters is 1. The summed E-state index contributed by atoms with van der Waals surface area (Å²) in [5, 5.41) is 26.3. The third-order valence-corrected chi connectivity index (χ3v) is 7.07. The second-order valence-corrected chi connectivity index (χ2v) is 10.7. The quantitative estimate of drug-likeness (QED) is 0.252. The van der Waals surface area contributed by atoms with Crippen molar-refractivity contribution in [1.29, 1.82) is 0 Å². The highest BCUT2D eigenvalue weighted by atomic mass is 31.2. The normalized spacial score (nSPS) is 30.1. The van der Waals surface area contributed by atoms with Crippen molar-refractivity contribution in [1.82, 2.24) is 15.3 Å². The van der Waals surface area contributed by atoms with E-state index in [0.717, 1.165) is 17.9 Å². The summed E-state index contributed by atoms with van der Waals surface area (Å²) < 4.78 is 50.7. The van der Waals surface area contributed by atoms with Crippen LogP contribution in [0.15, 0.2) is 55.0 Å². The molecule has 14 heteroatoms. The number of aliphatic hydroxyl groups excluding tert-OH is 1. The Morgan fingerprint density at radius 3 is 2.59 bits per heavy atom. The van der Waals surface area contributed by atoms with Crippen molar-refractivity contribution in [3.8, 4) is 5.75 Å². The number of hydrogen-bond acceptors (Lipinski definition) is 10. The number of amides is 1. The molecule has 1 fully saturated rings. The number of halogens is 1. The summed E-state index contributed by atoms with van der Waals surface area (Å²) in [6.45, 7) is 8.18. The zero-order valence-corrected chi connectivity index (χ0v) is 21.7. The summed E-state index contributed by atoms with van der Waals surface area (Å²) in [6, 6.07) is 6.60. The van der Waals surface area contributed by atoms with Crippen molar-refractivity contribution in [3.05, 3.63) is 55.0 Å². The Balaban J connectivity index is 1.82. The fourth-order valence-electron chi connectivity index (χ4n) is 3.61. The zero-order valence-electron chi connectivity index (χ0n) is 20.8. The summed E-state index contributed by atoms with van der Waals surface area (Å²) in [4.78, 5) is 24.9. The maximum absolute atomic E-state index is 15.9. The average molecular weight is 543 g/mol. The largest absolute Gasteiger partial charge is 0.462 e. The molecule has 2 heterocycles. The lowest BCUT2D eigenvalue weighted by Gasteiger charge is -2.36. The Morgan fingerprint density at radius 2 is 2.00 bits per heavy atom. The first kappa shape index (κ1) is 28.8. The molecule has 37 heavy (non-hydrogen) atoms. The molecule has 204 valence electrons. The minimum absolute atomic E-state index is 0.0348. The number of nitrogens with zero attached hydrogens (tertiary/aromatic N) is 1. The molecule has 1 aromatic rings. The van der Waals surface area contributed by atoms with Gasteiger partial charge in [-0.05, 0) is 39.8 Å². The predicted molar refractivity (Wildman–Crippen MR) is 128 cm³/mol. The maximum Gasteiger partial charge on any atom is 0.459 e. The lowest BCUT2D eigenvalue weighted by Crippen LogP contribution is -2.54. The van der Waals surface area contributed by atoms with Gasteiger partial charge >= 0.3 is 13.7 Å². The molecule has 2 aliphatic rings. The Labute approximate surface area is 213 Å². The predicted octanol–water partition coefficient (Wildman–Crippen LogP) is 1.67. The lowest BCUT2D eigenvalue weighted by molar-refractivity contribution is -0.206. The molecule has 0 aliphatic carbocycles. The van der Waals surface area contributed by atoms with Crippen LogP contribution in [-0.2, 0) is 28.2 Å². The monoisotopic (exact) mass is 543 g/mol. The molecule has 2 aliphatic heterocycles. The van der Waals surface area contributed by atoms with Crippen LogP contribution in [0.5, 0.6) is 5.75 Å². The SMILES string of the molecule is C=C1NC(=O)C=CN1[C@@H]1O[C@](F)(CO[P@](=O)(NC(C)C(=O)OC(C)C)Oc2ccccc2)[C@@H](O)[C@@]1(C)O. The van der Waals surface area contributed by atoms with Crippen LogP contribution in [0, 0.1) is 0 Å². The molecule has 6 atom stereocenters. The smallest absolute Gasteiger partial charge is 0.459 e. The number of benzene rings is 1. The lowest BCUT2D eigenvalue weighted by atomic mass is 9.95. The van der Waals surface area contributed by atoms with Crippen LogP contribution < -0.4 is 14.9 Å². The van der Waals surface area contributed by atoms with Gasteiger partial charge in [-0.1, -0.05) is 24.8 Å². The molecule has 4 N–H and O–H groups in total. The molecule has 0 spiro atoms. The second-order valence-electron chi connectivity index (χ2n) is 9.06. The van der Waals surface area contributed by atoms with E-state index in [0.29, 0.717) is 0 Å². The van der Waals surface area contributed by atoms with E-state index in [9.17, 15) is 24.4 Å². The first-order valence-electron chi connectivity index (χ1n) is 11.4. The van der Waals surface area contributed by atoms with Crippen LogP contribution in [0.1, 0.15) is 27.7 Å². The van der Waals surface area contributed by atoms with Crippen LogP contribution in [0.2, 0.25) is 0 Å². The van der Waals surface area contributed by atoms with E-state index in [4.69, 9.17) is 18.5 Å². The van der Waals surface area contributed by atoms with E-state index in [1.165, 1.54) is 25.3 Å². The van der Waals surface area contributed by atoms with Gasteiger partial charge < -0.3 is 34.4 Å². The topological polar surface area (TPSA) is 156 Å². The van der Waals surface area contributed by atoms with Crippen molar-refractivity contribution < 1.29 is 47.3 Å². The fraction of sp³-hybridized carbons (Fsp3) is 0.478. The number of carbonyl (C=O) groups is 2. The van der Waals surface area contributed by atoms with E-state index in [1.807, 2.05) is 0 Å². The number of rotatable bonds is 10. The summed E-state index contributed by atoms with van der Waals surface area (Å²) in [5.74, 6) is -4.30. The van der Waals surface area contributed by atoms with Crippen LogP contribution >= 0.6 is 7.75 Å². The molecule has 1 unspecified atom stereocenters. The van der Waals surface area contributed by atoms with Gasteiger partial charge in [-0.25, -0.2) is 8.96 Å². The van der Waals surface area contributed by atoms with E-state index in [1.54, 1.807) is 32.0 Å². The summed E-state index contributed by atoms with van der Waals surface area (Å²) in [7, 11) is -4.50. The Bertz CT molecular complexity index is 1100. The van der Waals surface area contributed by atoms with Gasteiger partial charge in [0.1, 0.15) is 35.9 Å². The maximum atomic E-state index is 15.9. The van der Waals surface area contributed by atoms with Crippen LogP contribution in [-0.4, -0.2) is 69.5 Å². The molecule has 1 saturated heterocycles. The van der Waals surface area contributed by atoms with Gasteiger partial charge in [0.15, 0.2) is 6.23 Å². The van der Waals surface area contributed by atoms with Gasteiger partial charge in [-0.2, -0.15) is 5.09 Å². The molecular weight excluding hydrogens is 512 g/mol. The van der Waals surface area contributed by atoms with Crippen LogP contribution in [0.4, 0.5) is 4.39 Å². The van der Waals surface area contributed by atoms with Gasteiger partial charge in [0.25, 0.3) is 11.8 Å². The molecule has 3 rings (SSSR count). The van der Waals surface area contributed by atoms with Crippen LogP contribution in [0.25, 0.3) is 0 Å². The first-order chi connectivity index (χ1) is 17.2. The van der Waals surface area contributed by atoms with Gasteiger partial charge in [0.2, 0.25) is 0 Å². The first-order valence-corrected chi connectivity index (χ1v) is 12.9. The molecule has 12 nitrogen and oxygen atoms in total. The Morgan fingerprint density at radius 1 is 1.35 bits per heavy atom. The summed E-state index contributed by atoms with van der Waals surface area (Å²) in [5.41, 5.74) is -2.24. The van der Waals surface area contributed by atoms with Crippen molar-refractivity contribution in [2.75, 3.05) is 6.61 Å². The average Bonchev–Trinajstić information content (AvgIpc) is 2.98. The Kier molecular flexibility index (Phi) is 8.47. The van der Waals surface area contributed by atoms with Gasteiger partial charge in [0.05, 0.1) is 6.10 Å². The van der Waals surface area contributed by atoms with E-state index < -0.39 is 62.2 Å². The van der Waals surface area contributed by atoms with Crippen molar-refractivity contribution in [3.63, 3.8) is 0 Å². The van der Waals surface area contributed by atoms with Gasteiger partial charge in [-0.15, -0.1) is 0 Å². The Hall–Kier alpha value is -2.80. The molecule has 0 radical (unpaired) electrons. The van der Waals surface area contributed by atoms with E-state index in [2.05, 4.69) is 17.0 Å². The second kappa shape index (κ2) is 10.9. The molecule has 0 bridgehead atoms. The highest BCUT2D eigenvalue weighted by Crippen LogP contribution is 2.49. The number of nitrogens with one attached hydrogen (secondary N) is 2. The molecule has 0 saturated carbocycles. The summed E-state index contributed by atoms with van der Waals surface area (Å²) >= 11 is 0. The highest BCUT2D eigenvalue weighted by molar-refractivity contribution is 7.52. The molecule has 0 aromatic heterocycles. The van der Waals surface area contributed by atoms with Gasteiger partial charge in [0, 0.05) is 12.3 Å². The van der Waals surface area contributed by atoms with Crippen molar-refractivity contribution >= 4 is 19.6 Å². The molecular formula is C23H31FN3O9P. The standard InChI is InChI=1S/C23H31FN3O9P/c1-14(2)34-19(29)15(3)26-37(32,36-17-9-7-6-8-10-17)33-13-23(24)20(30)22(5,31)21(35-23)27-12-11-18(28)25-16(27)4/h6-12,14-15,20-21,30-31H,4,13H2,1-3,5H3,(H,25,28)(H,26,32)/t15?,20-,21+,22+,23+,37+/m0/s1.